The van der Waals surface area contributed by atoms with E-state index in [4.69, 9.17) is 9.90 Å². The molecule has 44 heavy (non-hydrogen) atoms. The standard InChI is InChI=1S/C27H23N5O5.C2HF3O2/c1-30-13-19(18-7-6-16(32(36)37)12-22(18)30)23-24(26(34)29-25(23)33)20-14-31(21-5-3-2-4-17(20)21)27(35)15-8-10-28-11-9-15;3-2(4,5)1(6)7/h2-7,12-15,28H,8-11H2,1H3,(H,29,33,34);(H,6,7). The maximum atomic E-state index is 13.5. The Hall–Kier alpha value is -5.31. The minimum atomic E-state index is -5.08. The van der Waals surface area contributed by atoms with Gasteiger partial charge in [-0.2, -0.15) is 13.2 Å². The Morgan fingerprint density at radius 1 is 0.955 bits per heavy atom. The average Bonchev–Trinajstić information content (AvgIpc) is 3.62. The van der Waals surface area contributed by atoms with Crippen LogP contribution < -0.4 is 10.6 Å². The molecule has 15 heteroatoms. The zero-order valence-electron chi connectivity index (χ0n) is 23.0. The Morgan fingerprint density at radius 2 is 1.52 bits per heavy atom. The second kappa shape index (κ2) is 11.4. The van der Waals surface area contributed by atoms with Gasteiger partial charge in [-0.25, -0.2) is 4.79 Å². The minimum Gasteiger partial charge on any atom is -0.475 e. The summed E-state index contributed by atoms with van der Waals surface area (Å²) >= 11 is 0. The van der Waals surface area contributed by atoms with Crippen molar-refractivity contribution in [2.45, 2.75) is 19.0 Å². The molecular formula is C29H24F3N5O7. The van der Waals surface area contributed by atoms with Gasteiger partial charge in [-0.15, -0.1) is 0 Å². The van der Waals surface area contributed by atoms with E-state index in [0.29, 0.717) is 32.9 Å². The molecule has 0 aliphatic carbocycles. The van der Waals surface area contributed by atoms with Crippen LogP contribution >= 0.6 is 0 Å². The van der Waals surface area contributed by atoms with E-state index >= 15 is 0 Å². The zero-order chi connectivity index (χ0) is 31.9. The molecule has 6 rings (SSSR count). The number of piperidine rings is 1. The molecule has 4 aromatic rings. The van der Waals surface area contributed by atoms with Gasteiger partial charge < -0.3 is 15.0 Å². The van der Waals surface area contributed by atoms with Gasteiger partial charge in [0.2, 0.25) is 5.91 Å². The minimum absolute atomic E-state index is 0.0340. The molecule has 0 atom stereocenters. The number of para-hydroxylation sites is 1. The maximum absolute atomic E-state index is 13.5. The van der Waals surface area contributed by atoms with Crippen LogP contribution in [-0.2, 0) is 21.4 Å². The predicted molar refractivity (Wildman–Crippen MR) is 151 cm³/mol. The van der Waals surface area contributed by atoms with Crippen molar-refractivity contribution >= 4 is 62.3 Å². The second-order valence-electron chi connectivity index (χ2n) is 10.2. The number of benzene rings is 2. The van der Waals surface area contributed by atoms with Crippen LogP contribution in [-0.4, -0.2) is 62.1 Å². The first-order valence-corrected chi connectivity index (χ1v) is 13.3. The SMILES string of the molecule is Cn1cc(C2=C(c3cn(C(=O)C4CCNCC4)c4ccccc34)C(=O)NC2=O)c2ccc([N+](=O)[O-])cc21.O=C(O)C(F)(F)F. The molecule has 1 fully saturated rings. The number of nitro benzene ring substituents is 1. The molecule has 0 spiro atoms. The molecule has 2 amide bonds. The summed E-state index contributed by atoms with van der Waals surface area (Å²) in [5.74, 6) is -4.02. The van der Waals surface area contributed by atoms with Crippen LogP contribution in [0.2, 0.25) is 0 Å². The van der Waals surface area contributed by atoms with Crippen molar-refractivity contribution < 1.29 is 42.4 Å². The van der Waals surface area contributed by atoms with Gasteiger partial charge in [0.25, 0.3) is 17.5 Å². The van der Waals surface area contributed by atoms with Gasteiger partial charge in [0.15, 0.2) is 0 Å². The van der Waals surface area contributed by atoms with Gasteiger partial charge >= 0.3 is 12.1 Å². The fraction of sp³-hybridized carbons (Fsp3) is 0.241. The number of carboxylic acids is 1. The van der Waals surface area contributed by atoms with E-state index in [9.17, 15) is 37.7 Å². The lowest BCUT2D eigenvalue weighted by Gasteiger charge is -2.21. The summed E-state index contributed by atoms with van der Waals surface area (Å²) in [6.45, 7) is 1.54. The summed E-state index contributed by atoms with van der Waals surface area (Å²) in [5, 5.41) is 25.4. The summed E-state index contributed by atoms with van der Waals surface area (Å²) in [4.78, 5) is 59.5. The predicted octanol–water partition coefficient (Wildman–Crippen LogP) is 3.88. The summed E-state index contributed by atoms with van der Waals surface area (Å²) in [7, 11) is 1.73. The summed E-state index contributed by atoms with van der Waals surface area (Å²) in [5.41, 5.74) is 2.52. The molecule has 228 valence electrons. The van der Waals surface area contributed by atoms with Crippen LogP contribution in [0.25, 0.3) is 33.0 Å². The summed E-state index contributed by atoms with van der Waals surface area (Å²) < 4.78 is 35.0. The third-order valence-corrected chi connectivity index (χ3v) is 7.54. The molecule has 2 aliphatic rings. The first-order valence-electron chi connectivity index (χ1n) is 13.3. The molecule has 0 radical (unpaired) electrons. The number of rotatable bonds is 4. The van der Waals surface area contributed by atoms with Crippen LogP contribution in [0.4, 0.5) is 18.9 Å². The molecule has 0 saturated carbocycles. The number of carbonyl (C=O) groups excluding carboxylic acids is 3. The highest BCUT2D eigenvalue weighted by Gasteiger charge is 2.38. The fourth-order valence-corrected chi connectivity index (χ4v) is 5.48. The highest BCUT2D eigenvalue weighted by atomic mass is 19.4. The van der Waals surface area contributed by atoms with E-state index in [0.717, 1.165) is 25.9 Å². The van der Waals surface area contributed by atoms with E-state index in [1.54, 1.807) is 34.6 Å². The van der Waals surface area contributed by atoms with Gasteiger partial charge in [0, 0.05) is 59.4 Å². The summed E-state index contributed by atoms with van der Waals surface area (Å²) in [6.07, 6.45) is -0.259. The lowest BCUT2D eigenvalue weighted by molar-refractivity contribution is -0.384. The van der Waals surface area contributed by atoms with Crippen LogP contribution in [0.15, 0.2) is 54.9 Å². The van der Waals surface area contributed by atoms with Crippen molar-refractivity contribution in [2.75, 3.05) is 13.1 Å². The number of hydrogen-bond donors (Lipinski definition) is 3. The molecule has 12 nitrogen and oxygen atoms in total. The van der Waals surface area contributed by atoms with Gasteiger partial charge in [0.05, 0.1) is 27.1 Å². The van der Waals surface area contributed by atoms with E-state index < -0.39 is 28.9 Å². The number of amides is 2. The second-order valence-corrected chi connectivity index (χ2v) is 10.2. The largest absolute Gasteiger partial charge is 0.490 e. The van der Waals surface area contributed by atoms with Crippen molar-refractivity contribution in [3.8, 4) is 0 Å². The Bertz CT molecular complexity index is 1900. The molecule has 3 N–H and O–H groups in total. The lowest BCUT2D eigenvalue weighted by Crippen LogP contribution is -2.33. The lowest BCUT2D eigenvalue weighted by atomic mass is 9.95. The first kappa shape index (κ1) is 30.2. The van der Waals surface area contributed by atoms with E-state index in [-0.39, 0.29) is 28.7 Å². The molecule has 0 unspecified atom stereocenters. The molecular weight excluding hydrogens is 587 g/mol. The average molecular weight is 612 g/mol. The number of hydrogen-bond acceptors (Lipinski definition) is 7. The Balaban J connectivity index is 0.000000493. The van der Waals surface area contributed by atoms with Gasteiger partial charge in [-0.3, -0.25) is 34.4 Å². The van der Waals surface area contributed by atoms with Crippen molar-refractivity contribution in [3.63, 3.8) is 0 Å². The van der Waals surface area contributed by atoms with Crippen LogP contribution in [0.1, 0.15) is 28.8 Å². The number of imide groups is 1. The van der Waals surface area contributed by atoms with E-state index in [1.165, 1.54) is 12.1 Å². The number of nitro groups is 1. The molecule has 1 saturated heterocycles. The van der Waals surface area contributed by atoms with E-state index in [2.05, 4.69) is 10.6 Å². The number of non-ortho nitro benzene ring substituents is 1. The fourth-order valence-electron chi connectivity index (χ4n) is 5.48. The highest BCUT2D eigenvalue weighted by Crippen LogP contribution is 2.39. The third-order valence-electron chi connectivity index (χ3n) is 7.54. The highest BCUT2D eigenvalue weighted by molar-refractivity contribution is 6.50. The number of aromatic nitrogens is 2. The number of halogens is 3. The number of nitrogens with zero attached hydrogens (tertiary/aromatic N) is 3. The number of carboxylic acid groups (broad SMARTS) is 1. The van der Waals surface area contributed by atoms with Crippen LogP contribution in [0.5, 0.6) is 0 Å². The summed E-state index contributed by atoms with van der Waals surface area (Å²) in [6, 6.07) is 11.8. The van der Waals surface area contributed by atoms with Gasteiger partial charge in [0.1, 0.15) is 0 Å². The van der Waals surface area contributed by atoms with Gasteiger partial charge in [-0.1, -0.05) is 18.2 Å². The quantitative estimate of drug-likeness (QED) is 0.178. The van der Waals surface area contributed by atoms with Crippen molar-refractivity contribution in [3.05, 3.63) is 76.1 Å². The van der Waals surface area contributed by atoms with Gasteiger partial charge in [-0.05, 0) is 38.1 Å². The van der Waals surface area contributed by atoms with Crippen LogP contribution in [0, 0.1) is 16.0 Å². The first-order chi connectivity index (χ1) is 20.8. The smallest absolute Gasteiger partial charge is 0.475 e. The number of carbonyl (C=O) groups is 4. The van der Waals surface area contributed by atoms with Crippen molar-refractivity contribution in [2.24, 2.45) is 13.0 Å². The Morgan fingerprint density at radius 3 is 2.11 bits per heavy atom. The Kier molecular flexibility index (Phi) is 7.82. The normalized spacial score (nSPS) is 15.8. The van der Waals surface area contributed by atoms with Crippen molar-refractivity contribution in [1.29, 1.82) is 0 Å². The number of alkyl halides is 3. The maximum Gasteiger partial charge on any atom is 0.490 e. The molecule has 4 heterocycles. The molecule has 2 aromatic carbocycles. The number of fused-ring (bicyclic) bond motifs is 2. The number of nitrogens with one attached hydrogen (secondary N) is 2. The van der Waals surface area contributed by atoms with Crippen LogP contribution in [0.3, 0.4) is 0 Å². The van der Waals surface area contributed by atoms with Crippen molar-refractivity contribution in [1.82, 2.24) is 19.8 Å². The third kappa shape index (κ3) is 5.44. The Labute approximate surface area is 245 Å². The molecule has 2 aromatic heterocycles. The zero-order valence-corrected chi connectivity index (χ0v) is 23.0. The molecule has 2 aliphatic heterocycles. The molecule has 0 bridgehead atoms. The topological polar surface area (TPSA) is 166 Å². The number of aryl methyl sites for hydroxylation is 1. The number of aliphatic carboxylic acids is 1. The monoisotopic (exact) mass is 611 g/mol. The van der Waals surface area contributed by atoms with E-state index in [1.807, 2.05) is 24.3 Å².